The van der Waals surface area contributed by atoms with Gasteiger partial charge in [-0.1, -0.05) is 24.3 Å². The zero-order valence-corrected chi connectivity index (χ0v) is 20.1. The average molecular weight is 507 g/mol. The fourth-order valence-electron chi connectivity index (χ4n) is 3.92. The van der Waals surface area contributed by atoms with E-state index in [4.69, 9.17) is 0 Å². The lowest BCUT2D eigenvalue weighted by Crippen LogP contribution is -2.52. The van der Waals surface area contributed by atoms with E-state index in [1.165, 1.54) is 46.3 Å². The summed E-state index contributed by atoms with van der Waals surface area (Å²) in [6, 6.07) is 9.32. The maximum absolute atomic E-state index is 15.2. The summed E-state index contributed by atoms with van der Waals surface area (Å²) < 4.78 is 68.4. The van der Waals surface area contributed by atoms with E-state index in [1.807, 2.05) is 0 Å². The number of aryl methyl sites for hydroxylation is 1. The molecule has 1 amide bonds. The van der Waals surface area contributed by atoms with Crippen molar-refractivity contribution in [3.63, 3.8) is 0 Å². The number of carbonyl (C=O) groups is 1. The van der Waals surface area contributed by atoms with E-state index in [9.17, 15) is 21.6 Å². The molecule has 4 rings (SSSR count). The summed E-state index contributed by atoms with van der Waals surface area (Å²) in [5.41, 5.74) is 0.688. The molecule has 1 atom stereocenters. The predicted octanol–water partition coefficient (Wildman–Crippen LogP) is 2.10. The number of hydrogen-bond acceptors (Lipinski definition) is 6. The summed E-state index contributed by atoms with van der Waals surface area (Å²) in [5, 5.41) is -0.208. The number of halogens is 1. The summed E-state index contributed by atoms with van der Waals surface area (Å²) >= 11 is 0. The third kappa shape index (κ3) is 4.74. The third-order valence-electron chi connectivity index (χ3n) is 5.53. The highest BCUT2D eigenvalue weighted by Gasteiger charge is 2.35. The van der Waals surface area contributed by atoms with Gasteiger partial charge in [-0.05, 0) is 36.6 Å². The smallest absolute Gasteiger partial charge is 0.260 e. The van der Waals surface area contributed by atoms with Crippen LogP contribution in [0, 0.1) is 5.82 Å². The molecule has 0 spiro atoms. The number of amides is 1. The van der Waals surface area contributed by atoms with Crippen LogP contribution in [0.4, 0.5) is 10.1 Å². The van der Waals surface area contributed by atoms with Gasteiger partial charge >= 0.3 is 0 Å². The minimum absolute atomic E-state index is 0.00711. The third-order valence-corrected chi connectivity index (χ3v) is 8.04. The van der Waals surface area contributed by atoms with Crippen LogP contribution < -0.4 is 9.62 Å². The molecule has 1 N–H and O–H groups in total. The second kappa shape index (κ2) is 8.93. The fourth-order valence-corrected chi connectivity index (χ4v) is 6.04. The van der Waals surface area contributed by atoms with E-state index in [0.29, 0.717) is 17.5 Å². The number of rotatable bonds is 6. The highest BCUT2D eigenvalue weighted by Crippen LogP contribution is 2.32. The highest BCUT2D eigenvalue weighted by atomic mass is 32.2. The van der Waals surface area contributed by atoms with Crippen LogP contribution in [0.25, 0.3) is 11.1 Å². The summed E-state index contributed by atoms with van der Waals surface area (Å²) in [5.74, 6) is -1.30. The van der Waals surface area contributed by atoms with E-state index in [0.717, 1.165) is 6.26 Å². The largest absolute Gasteiger partial charge is 0.339 e. The molecular formula is C22H23FN4O5S2. The topological polar surface area (TPSA) is 118 Å². The lowest BCUT2D eigenvalue weighted by atomic mass is 10.0. The Bertz CT molecular complexity index is 1470. The number of imidazole rings is 1. The number of nitrogens with zero attached hydrogens (tertiary/aromatic N) is 3. The van der Waals surface area contributed by atoms with Crippen molar-refractivity contribution in [3.8, 4) is 11.1 Å². The lowest BCUT2D eigenvalue weighted by molar-refractivity contribution is -0.121. The molecule has 3 aromatic rings. The molecule has 0 bridgehead atoms. The second-order valence-electron chi connectivity index (χ2n) is 8.12. The highest BCUT2D eigenvalue weighted by molar-refractivity contribution is 7.90. The number of aromatic nitrogens is 2. The number of carbonyl (C=O) groups excluding carboxylic acids is 1. The van der Waals surface area contributed by atoms with Crippen molar-refractivity contribution < 1.29 is 26.0 Å². The van der Waals surface area contributed by atoms with Gasteiger partial charge in [0, 0.05) is 31.6 Å². The molecule has 9 nitrogen and oxygen atoms in total. The number of hydrogen-bond donors (Lipinski definition) is 1. The van der Waals surface area contributed by atoms with Gasteiger partial charge in [0.1, 0.15) is 11.9 Å². The Morgan fingerprint density at radius 2 is 1.85 bits per heavy atom. The standard InChI is InChI=1S/C22H23FN4O5S2/c1-26-13-21(24-14-26)34(31,32)25-18-7-5-11-27(22(18)28)19-10-9-15(12-17(19)23)16-6-3-4-8-20(16)33(2,29)30/h3-4,6,8-10,12-14,18,25H,5,7,11H2,1-2H3. The number of sulfone groups is 1. The molecule has 1 aliphatic rings. The van der Waals surface area contributed by atoms with Crippen LogP contribution in [-0.4, -0.2) is 51.1 Å². The molecule has 2 aromatic carbocycles. The first kappa shape index (κ1) is 24.0. The quantitative estimate of drug-likeness (QED) is 0.547. The molecule has 34 heavy (non-hydrogen) atoms. The first-order chi connectivity index (χ1) is 16.0. The SMILES string of the molecule is Cn1cnc(S(=O)(=O)NC2CCCN(c3ccc(-c4ccccc4S(C)(=O)=O)cc3F)C2=O)c1. The number of nitrogens with one attached hydrogen (secondary N) is 1. The average Bonchev–Trinajstić information content (AvgIpc) is 3.22. The molecule has 0 saturated carbocycles. The zero-order valence-electron chi connectivity index (χ0n) is 18.5. The fraction of sp³-hybridized carbons (Fsp3) is 0.273. The van der Waals surface area contributed by atoms with Crippen molar-refractivity contribution in [2.45, 2.75) is 28.8 Å². The van der Waals surface area contributed by atoms with Crippen LogP contribution in [0.3, 0.4) is 0 Å². The molecule has 1 fully saturated rings. The number of sulfonamides is 1. The van der Waals surface area contributed by atoms with Crippen LogP contribution >= 0.6 is 0 Å². The van der Waals surface area contributed by atoms with E-state index < -0.39 is 37.6 Å². The molecule has 180 valence electrons. The number of benzene rings is 2. The lowest BCUT2D eigenvalue weighted by Gasteiger charge is -2.32. The summed E-state index contributed by atoms with van der Waals surface area (Å²) in [7, 11) is -5.94. The van der Waals surface area contributed by atoms with Crippen LogP contribution in [0.2, 0.25) is 0 Å². The van der Waals surface area contributed by atoms with Crippen LogP contribution in [0.15, 0.2) is 64.9 Å². The Morgan fingerprint density at radius 3 is 2.50 bits per heavy atom. The van der Waals surface area contributed by atoms with Gasteiger partial charge in [0.2, 0.25) is 5.91 Å². The van der Waals surface area contributed by atoms with E-state index >= 15 is 4.39 Å². The minimum Gasteiger partial charge on any atom is -0.339 e. The van der Waals surface area contributed by atoms with E-state index in [2.05, 4.69) is 9.71 Å². The van der Waals surface area contributed by atoms with Crippen molar-refractivity contribution in [1.29, 1.82) is 0 Å². The minimum atomic E-state index is -4.03. The van der Waals surface area contributed by atoms with Crippen LogP contribution in [-0.2, 0) is 31.7 Å². The van der Waals surface area contributed by atoms with Gasteiger partial charge in [0.25, 0.3) is 10.0 Å². The molecule has 1 aromatic heterocycles. The van der Waals surface area contributed by atoms with Crippen LogP contribution in [0.1, 0.15) is 12.8 Å². The molecule has 1 unspecified atom stereocenters. The molecule has 2 heterocycles. The van der Waals surface area contributed by atoms with Gasteiger partial charge in [0.15, 0.2) is 14.9 Å². The predicted molar refractivity (Wildman–Crippen MR) is 124 cm³/mol. The van der Waals surface area contributed by atoms with Crippen molar-refractivity contribution in [2.75, 3.05) is 17.7 Å². The Balaban J connectivity index is 1.61. The van der Waals surface area contributed by atoms with Gasteiger partial charge in [0.05, 0.1) is 16.9 Å². The Labute approximate surface area is 197 Å². The monoisotopic (exact) mass is 506 g/mol. The van der Waals surface area contributed by atoms with Gasteiger partial charge in [-0.15, -0.1) is 0 Å². The Morgan fingerprint density at radius 1 is 1.12 bits per heavy atom. The van der Waals surface area contributed by atoms with E-state index in [1.54, 1.807) is 25.2 Å². The normalized spacial score (nSPS) is 17.2. The van der Waals surface area contributed by atoms with E-state index in [-0.39, 0.29) is 28.6 Å². The van der Waals surface area contributed by atoms with Crippen LogP contribution in [0.5, 0.6) is 0 Å². The van der Waals surface area contributed by atoms with Crippen molar-refractivity contribution in [1.82, 2.24) is 14.3 Å². The molecule has 1 saturated heterocycles. The Kier molecular flexibility index (Phi) is 6.32. The second-order valence-corrected chi connectivity index (χ2v) is 11.8. The molecule has 0 aliphatic carbocycles. The molecule has 1 aliphatic heterocycles. The summed E-state index contributed by atoms with van der Waals surface area (Å²) in [6.45, 7) is 0.219. The van der Waals surface area contributed by atoms with Gasteiger partial charge < -0.3 is 9.47 Å². The Hall–Kier alpha value is -3.09. The van der Waals surface area contributed by atoms with Crippen molar-refractivity contribution in [2.24, 2.45) is 7.05 Å². The number of piperidine rings is 1. The summed E-state index contributed by atoms with van der Waals surface area (Å²) in [4.78, 5) is 18.2. The molecular weight excluding hydrogens is 483 g/mol. The molecule has 12 heteroatoms. The first-order valence-corrected chi connectivity index (χ1v) is 13.8. The first-order valence-electron chi connectivity index (χ1n) is 10.4. The van der Waals surface area contributed by atoms with Gasteiger partial charge in [-0.2, -0.15) is 4.72 Å². The van der Waals surface area contributed by atoms with Gasteiger partial charge in [-0.3, -0.25) is 4.79 Å². The van der Waals surface area contributed by atoms with Gasteiger partial charge in [-0.25, -0.2) is 26.2 Å². The summed E-state index contributed by atoms with van der Waals surface area (Å²) in [6.07, 6.45) is 4.46. The molecule has 0 radical (unpaired) electrons. The number of anilines is 1. The zero-order chi connectivity index (χ0) is 24.7. The van der Waals surface area contributed by atoms with Crippen molar-refractivity contribution in [3.05, 3.63) is 60.8 Å². The maximum atomic E-state index is 15.2. The van der Waals surface area contributed by atoms with Crippen molar-refractivity contribution >= 4 is 31.5 Å². The maximum Gasteiger partial charge on any atom is 0.260 e.